The van der Waals surface area contributed by atoms with Gasteiger partial charge in [0, 0.05) is 23.8 Å². The number of hydrogen-bond donors (Lipinski definition) is 1. The Labute approximate surface area is 160 Å². The smallest absolute Gasteiger partial charge is 0.224 e. The van der Waals surface area contributed by atoms with Crippen molar-refractivity contribution in [2.75, 3.05) is 11.9 Å². The van der Waals surface area contributed by atoms with Crippen LogP contribution >= 0.6 is 0 Å². The first-order valence-corrected chi connectivity index (χ1v) is 10.2. The molecule has 0 aliphatic heterocycles. The second-order valence-electron chi connectivity index (χ2n) is 7.29. The Morgan fingerprint density at radius 1 is 1.15 bits per heavy atom. The summed E-state index contributed by atoms with van der Waals surface area (Å²) < 4.78 is 8.08. The summed E-state index contributed by atoms with van der Waals surface area (Å²) in [5, 5.41) is 4.64. The van der Waals surface area contributed by atoms with Crippen LogP contribution in [0.25, 0.3) is 16.7 Å². The van der Waals surface area contributed by atoms with Gasteiger partial charge in [0.25, 0.3) is 0 Å². The molecule has 1 N–H and O–H groups in total. The van der Waals surface area contributed by atoms with Crippen molar-refractivity contribution >= 4 is 16.9 Å². The number of hydrogen-bond acceptors (Lipinski definition) is 4. The van der Waals surface area contributed by atoms with E-state index in [1.54, 1.807) is 0 Å². The normalized spacial score (nSPS) is 15.1. The van der Waals surface area contributed by atoms with E-state index in [0.29, 0.717) is 6.04 Å². The Bertz CT molecular complexity index is 883. The number of anilines is 1. The van der Waals surface area contributed by atoms with Gasteiger partial charge in [-0.25, -0.2) is 4.98 Å². The molecule has 0 bridgehead atoms. The van der Waals surface area contributed by atoms with Gasteiger partial charge in [-0.1, -0.05) is 38.7 Å². The number of ether oxygens (including phenoxy) is 1. The van der Waals surface area contributed by atoms with Gasteiger partial charge in [0.1, 0.15) is 11.6 Å². The van der Waals surface area contributed by atoms with Crippen LogP contribution in [0.1, 0.15) is 51.9 Å². The predicted octanol–water partition coefficient (Wildman–Crippen LogP) is 5.34. The van der Waals surface area contributed by atoms with E-state index in [4.69, 9.17) is 9.72 Å². The molecule has 0 radical (unpaired) electrons. The van der Waals surface area contributed by atoms with Crippen molar-refractivity contribution in [1.82, 2.24) is 14.5 Å². The van der Waals surface area contributed by atoms with Crippen LogP contribution in [-0.4, -0.2) is 27.2 Å². The molecule has 1 fully saturated rings. The van der Waals surface area contributed by atoms with E-state index in [1.807, 2.05) is 24.4 Å². The lowest BCUT2D eigenvalue weighted by Gasteiger charge is -2.22. The van der Waals surface area contributed by atoms with Crippen molar-refractivity contribution in [3.05, 3.63) is 42.7 Å². The molecule has 27 heavy (non-hydrogen) atoms. The zero-order chi connectivity index (χ0) is 18.5. The minimum Gasteiger partial charge on any atom is -0.493 e. The second-order valence-corrected chi connectivity index (χ2v) is 7.29. The van der Waals surface area contributed by atoms with E-state index in [2.05, 4.69) is 40.1 Å². The monoisotopic (exact) mass is 364 g/mol. The van der Waals surface area contributed by atoms with Crippen LogP contribution in [0.4, 0.5) is 5.95 Å². The Morgan fingerprint density at radius 2 is 2.04 bits per heavy atom. The van der Waals surface area contributed by atoms with E-state index in [-0.39, 0.29) is 0 Å². The number of benzene rings is 1. The summed E-state index contributed by atoms with van der Waals surface area (Å²) in [6.07, 6.45) is 12.4. The fourth-order valence-corrected chi connectivity index (χ4v) is 3.77. The molecule has 1 aliphatic carbocycles. The van der Waals surface area contributed by atoms with Gasteiger partial charge in [0.2, 0.25) is 5.95 Å². The second kappa shape index (κ2) is 8.42. The van der Waals surface area contributed by atoms with E-state index in [9.17, 15) is 0 Å². The van der Waals surface area contributed by atoms with Crippen molar-refractivity contribution in [3.8, 4) is 11.6 Å². The van der Waals surface area contributed by atoms with Gasteiger partial charge >= 0.3 is 0 Å². The molecule has 5 heteroatoms. The molecular weight excluding hydrogens is 336 g/mol. The van der Waals surface area contributed by atoms with Crippen molar-refractivity contribution in [1.29, 1.82) is 0 Å². The SMILES string of the molecule is CCCCOc1cccc2c1ccn2-c1ccnc(NC2CCCCC2)n1. The average molecular weight is 364 g/mol. The maximum absolute atomic E-state index is 5.97. The minimum absolute atomic E-state index is 0.494. The summed E-state index contributed by atoms with van der Waals surface area (Å²) in [5.74, 6) is 2.54. The molecule has 1 aliphatic rings. The van der Waals surface area contributed by atoms with Gasteiger partial charge in [-0.15, -0.1) is 0 Å². The molecule has 0 amide bonds. The number of unbranched alkanes of at least 4 members (excludes halogenated alkanes) is 1. The molecule has 5 nitrogen and oxygen atoms in total. The minimum atomic E-state index is 0.494. The van der Waals surface area contributed by atoms with E-state index in [0.717, 1.165) is 47.9 Å². The molecule has 2 aromatic heterocycles. The molecule has 2 heterocycles. The van der Waals surface area contributed by atoms with Gasteiger partial charge < -0.3 is 14.6 Å². The van der Waals surface area contributed by atoms with Crippen LogP contribution in [0.2, 0.25) is 0 Å². The summed E-state index contributed by atoms with van der Waals surface area (Å²) >= 11 is 0. The van der Waals surface area contributed by atoms with Crippen LogP contribution in [0.5, 0.6) is 5.75 Å². The third-order valence-electron chi connectivity index (χ3n) is 5.27. The first kappa shape index (κ1) is 17.8. The number of aromatic nitrogens is 3. The lowest BCUT2D eigenvalue weighted by molar-refractivity contribution is 0.313. The standard InChI is InChI=1S/C22H28N4O/c1-2-3-16-27-20-11-7-10-19-18(20)13-15-26(19)21-12-14-23-22(25-21)24-17-8-5-4-6-9-17/h7,10-15,17H,2-6,8-9,16H2,1H3,(H,23,24,25). The molecule has 142 valence electrons. The summed E-state index contributed by atoms with van der Waals surface area (Å²) in [6.45, 7) is 2.93. The van der Waals surface area contributed by atoms with E-state index in [1.165, 1.54) is 32.1 Å². The fraction of sp³-hybridized carbons (Fsp3) is 0.455. The zero-order valence-electron chi connectivity index (χ0n) is 16.0. The number of nitrogens with zero attached hydrogens (tertiary/aromatic N) is 3. The Balaban J connectivity index is 1.58. The van der Waals surface area contributed by atoms with Crippen LogP contribution in [0.15, 0.2) is 42.7 Å². The van der Waals surface area contributed by atoms with Crippen molar-refractivity contribution in [3.63, 3.8) is 0 Å². The van der Waals surface area contributed by atoms with Crippen molar-refractivity contribution in [2.24, 2.45) is 0 Å². The Kier molecular flexibility index (Phi) is 5.56. The van der Waals surface area contributed by atoms with E-state index < -0.39 is 0 Å². The van der Waals surface area contributed by atoms with Gasteiger partial charge in [-0.2, -0.15) is 4.98 Å². The fourth-order valence-electron chi connectivity index (χ4n) is 3.77. The first-order chi connectivity index (χ1) is 13.3. The molecular formula is C22H28N4O. The maximum atomic E-state index is 5.97. The highest BCUT2D eigenvalue weighted by atomic mass is 16.5. The van der Waals surface area contributed by atoms with Gasteiger partial charge in [-0.3, -0.25) is 0 Å². The van der Waals surface area contributed by atoms with E-state index >= 15 is 0 Å². The van der Waals surface area contributed by atoms with Crippen LogP contribution in [-0.2, 0) is 0 Å². The Morgan fingerprint density at radius 3 is 2.89 bits per heavy atom. The highest BCUT2D eigenvalue weighted by Crippen LogP contribution is 2.29. The van der Waals surface area contributed by atoms with Crippen molar-refractivity contribution < 1.29 is 4.74 Å². The maximum Gasteiger partial charge on any atom is 0.224 e. The summed E-state index contributed by atoms with van der Waals surface area (Å²) in [7, 11) is 0. The molecule has 4 rings (SSSR count). The predicted molar refractivity (Wildman–Crippen MR) is 110 cm³/mol. The summed E-state index contributed by atoms with van der Waals surface area (Å²) in [6, 6.07) is 10.7. The zero-order valence-corrected chi connectivity index (χ0v) is 16.0. The average Bonchev–Trinajstić information content (AvgIpc) is 3.14. The molecule has 0 unspecified atom stereocenters. The molecule has 0 atom stereocenters. The topological polar surface area (TPSA) is 52.0 Å². The molecule has 0 spiro atoms. The van der Waals surface area contributed by atoms with Crippen LogP contribution in [0.3, 0.4) is 0 Å². The summed E-state index contributed by atoms with van der Waals surface area (Å²) in [5.41, 5.74) is 1.10. The van der Waals surface area contributed by atoms with Crippen LogP contribution in [0, 0.1) is 0 Å². The molecule has 1 aromatic carbocycles. The third kappa shape index (κ3) is 4.07. The highest BCUT2D eigenvalue weighted by Gasteiger charge is 2.15. The quantitative estimate of drug-likeness (QED) is 0.575. The summed E-state index contributed by atoms with van der Waals surface area (Å²) in [4.78, 5) is 9.20. The van der Waals surface area contributed by atoms with Crippen molar-refractivity contribution in [2.45, 2.75) is 57.9 Å². The number of rotatable bonds is 7. The van der Waals surface area contributed by atoms with Gasteiger partial charge in [-0.05, 0) is 43.5 Å². The third-order valence-corrected chi connectivity index (χ3v) is 5.27. The van der Waals surface area contributed by atoms with Gasteiger partial charge in [0.15, 0.2) is 0 Å². The molecule has 1 saturated carbocycles. The molecule has 0 saturated heterocycles. The largest absolute Gasteiger partial charge is 0.493 e. The van der Waals surface area contributed by atoms with Crippen LogP contribution < -0.4 is 10.1 Å². The highest BCUT2D eigenvalue weighted by molar-refractivity contribution is 5.87. The number of fused-ring (bicyclic) bond motifs is 1. The lowest BCUT2D eigenvalue weighted by atomic mass is 9.96. The molecule has 3 aromatic rings. The van der Waals surface area contributed by atoms with Gasteiger partial charge in [0.05, 0.1) is 12.1 Å². The Hall–Kier alpha value is -2.56. The number of nitrogens with one attached hydrogen (secondary N) is 1. The lowest BCUT2D eigenvalue weighted by Crippen LogP contribution is -2.23. The first-order valence-electron chi connectivity index (χ1n) is 10.2.